The van der Waals surface area contributed by atoms with Crippen LogP contribution in [0, 0.1) is 11.8 Å². The Labute approximate surface area is 116 Å². The third-order valence-electron chi connectivity index (χ3n) is 3.77. The van der Waals surface area contributed by atoms with E-state index in [4.69, 9.17) is 15.2 Å². The minimum absolute atomic E-state index is 0.0816. The van der Waals surface area contributed by atoms with Gasteiger partial charge in [-0.3, -0.25) is 4.79 Å². The molecule has 1 amide bonds. The molecule has 5 heteroatoms. The molecule has 0 saturated heterocycles. The molecule has 0 heterocycles. The van der Waals surface area contributed by atoms with Crippen molar-refractivity contribution in [2.45, 2.75) is 38.6 Å². The van der Waals surface area contributed by atoms with Gasteiger partial charge in [0.1, 0.15) is 0 Å². The molecule has 1 aliphatic rings. The van der Waals surface area contributed by atoms with Gasteiger partial charge in [-0.1, -0.05) is 6.92 Å². The van der Waals surface area contributed by atoms with Crippen molar-refractivity contribution in [2.24, 2.45) is 17.6 Å². The van der Waals surface area contributed by atoms with Crippen molar-refractivity contribution >= 4 is 5.91 Å². The van der Waals surface area contributed by atoms with Gasteiger partial charge in [-0.15, -0.1) is 0 Å². The summed E-state index contributed by atoms with van der Waals surface area (Å²) in [6, 6.07) is 0.185. The van der Waals surface area contributed by atoms with Gasteiger partial charge in [0.25, 0.3) is 0 Å². The standard InChI is InChI=1S/C14H28N2O3/c1-11-4-5-12(15)10-13(11)14(17)16-6-3-7-19-9-8-18-2/h11-13H,3-10,15H2,1-2H3,(H,16,17). The molecule has 0 radical (unpaired) electrons. The Bertz CT molecular complexity index is 261. The summed E-state index contributed by atoms with van der Waals surface area (Å²) in [6.45, 7) is 4.69. The highest BCUT2D eigenvalue weighted by molar-refractivity contribution is 5.79. The van der Waals surface area contributed by atoms with Gasteiger partial charge in [0.15, 0.2) is 0 Å². The van der Waals surface area contributed by atoms with Crippen molar-refractivity contribution < 1.29 is 14.3 Å². The number of carbonyl (C=O) groups excluding carboxylic acids is 1. The van der Waals surface area contributed by atoms with Crippen LogP contribution in [-0.4, -0.2) is 45.4 Å². The molecule has 0 spiro atoms. The molecule has 0 aliphatic heterocycles. The number of amides is 1. The summed E-state index contributed by atoms with van der Waals surface area (Å²) in [5.41, 5.74) is 5.94. The largest absolute Gasteiger partial charge is 0.382 e. The average molecular weight is 272 g/mol. The van der Waals surface area contributed by atoms with E-state index in [1.165, 1.54) is 0 Å². The molecule has 3 N–H and O–H groups in total. The van der Waals surface area contributed by atoms with Gasteiger partial charge in [-0.2, -0.15) is 0 Å². The molecule has 0 aromatic carbocycles. The first-order valence-corrected chi connectivity index (χ1v) is 7.25. The lowest BCUT2D eigenvalue weighted by Crippen LogP contribution is -2.42. The van der Waals surface area contributed by atoms with E-state index in [-0.39, 0.29) is 17.9 Å². The van der Waals surface area contributed by atoms with Crippen LogP contribution in [0.4, 0.5) is 0 Å². The second-order valence-electron chi connectivity index (χ2n) is 5.41. The number of methoxy groups -OCH3 is 1. The van der Waals surface area contributed by atoms with E-state index in [0.29, 0.717) is 32.3 Å². The molecular formula is C14H28N2O3. The van der Waals surface area contributed by atoms with Crippen LogP contribution < -0.4 is 11.1 Å². The predicted molar refractivity (Wildman–Crippen MR) is 74.8 cm³/mol. The van der Waals surface area contributed by atoms with Crippen molar-refractivity contribution in [1.29, 1.82) is 0 Å². The van der Waals surface area contributed by atoms with Crippen LogP contribution in [0.3, 0.4) is 0 Å². The molecule has 0 bridgehead atoms. The number of hydrogen-bond donors (Lipinski definition) is 2. The monoisotopic (exact) mass is 272 g/mol. The van der Waals surface area contributed by atoms with Crippen LogP contribution in [0.25, 0.3) is 0 Å². The van der Waals surface area contributed by atoms with E-state index < -0.39 is 0 Å². The second-order valence-corrected chi connectivity index (χ2v) is 5.41. The Morgan fingerprint density at radius 2 is 2.11 bits per heavy atom. The summed E-state index contributed by atoms with van der Waals surface area (Å²) in [7, 11) is 1.65. The summed E-state index contributed by atoms with van der Waals surface area (Å²) in [6.07, 6.45) is 3.75. The number of rotatable bonds is 8. The van der Waals surface area contributed by atoms with Gasteiger partial charge in [0, 0.05) is 32.2 Å². The molecule has 3 atom stereocenters. The molecule has 1 saturated carbocycles. The van der Waals surface area contributed by atoms with Crippen molar-refractivity contribution in [3.63, 3.8) is 0 Å². The first-order chi connectivity index (χ1) is 9.15. The fraction of sp³-hybridized carbons (Fsp3) is 0.929. The van der Waals surface area contributed by atoms with Gasteiger partial charge >= 0.3 is 0 Å². The molecule has 1 rings (SSSR count). The Morgan fingerprint density at radius 3 is 2.84 bits per heavy atom. The van der Waals surface area contributed by atoms with Crippen LogP contribution in [0.15, 0.2) is 0 Å². The minimum Gasteiger partial charge on any atom is -0.382 e. The summed E-state index contributed by atoms with van der Waals surface area (Å²) in [4.78, 5) is 12.1. The Morgan fingerprint density at radius 1 is 1.32 bits per heavy atom. The quantitative estimate of drug-likeness (QED) is 0.644. The topological polar surface area (TPSA) is 73.6 Å². The first kappa shape index (κ1) is 16.4. The van der Waals surface area contributed by atoms with Gasteiger partial charge in [-0.05, 0) is 31.6 Å². The van der Waals surface area contributed by atoms with E-state index >= 15 is 0 Å². The molecule has 0 aromatic heterocycles. The molecule has 0 aromatic rings. The summed E-state index contributed by atoms with van der Waals surface area (Å²) in [5, 5.41) is 2.99. The fourth-order valence-electron chi connectivity index (χ4n) is 2.48. The van der Waals surface area contributed by atoms with Gasteiger partial charge in [0.05, 0.1) is 13.2 Å². The Kier molecular flexibility index (Phi) is 8.02. The number of ether oxygens (including phenoxy) is 2. The number of nitrogens with two attached hydrogens (primary N) is 1. The number of nitrogens with one attached hydrogen (secondary N) is 1. The third kappa shape index (κ3) is 6.36. The zero-order valence-electron chi connectivity index (χ0n) is 12.2. The number of hydrogen-bond acceptors (Lipinski definition) is 4. The van der Waals surface area contributed by atoms with E-state index in [0.717, 1.165) is 25.7 Å². The third-order valence-corrected chi connectivity index (χ3v) is 3.77. The van der Waals surface area contributed by atoms with Crippen LogP contribution in [0.5, 0.6) is 0 Å². The van der Waals surface area contributed by atoms with Crippen LogP contribution in [0.1, 0.15) is 32.6 Å². The summed E-state index contributed by atoms with van der Waals surface area (Å²) < 4.78 is 10.2. The Balaban J connectivity index is 2.09. The Hall–Kier alpha value is -0.650. The highest BCUT2D eigenvalue weighted by atomic mass is 16.5. The molecule has 112 valence electrons. The molecule has 3 unspecified atom stereocenters. The van der Waals surface area contributed by atoms with E-state index in [1.807, 2.05) is 0 Å². The maximum absolute atomic E-state index is 12.1. The highest BCUT2D eigenvalue weighted by Gasteiger charge is 2.30. The molecular weight excluding hydrogens is 244 g/mol. The maximum atomic E-state index is 12.1. The van der Waals surface area contributed by atoms with Crippen molar-refractivity contribution in [1.82, 2.24) is 5.32 Å². The average Bonchev–Trinajstić information content (AvgIpc) is 2.40. The SMILES string of the molecule is COCCOCCCNC(=O)C1CC(N)CCC1C. The fourth-order valence-corrected chi connectivity index (χ4v) is 2.48. The number of carbonyl (C=O) groups is 1. The minimum atomic E-state index is 0.0816. The van der Waals surface area contributed by atoms with Crippen molar-refractivity contribution in [3.05, 3.63) is 0 Å². The van der Waals surface area contributed by atoms with E-state index in [2.05, 4.69) is 12.2 Å². The second kappa shape index (κ2) is 9.28. The van der Waals surface area contributed by atoms with E-state index in [9.17, 15) is 4.79 Å². The summed E-state index contributed by atoms with van der Waals surface area (Å²) >= 11 is 0. The van der Waals surface area contributed by atoms with Gasteiger partial charge in [0.2, 0.25) is 5.91 Å². The normalized spacial score (nSPS) is 27.2. The van der Waals surface area contributed by atoms with Gasteiger partial charge in [-0.25, -0.2) is 0 Å². The lowest BCUT2D eigenvalue weighted by molar-refractivity contribution is -0.127. The zero-order chi connectivity index (χ0) is 14.1. The smallest absolute Gasteiger partial charge is 0.223 e. The first-order valence-electron chi connectivity index (χ1n) is 7.25. The van der Waals surface area contributed by atoms with Crippen LogP contribution >= 0.6 is 0 Å². The van der Waals surface area contributed by atoms with Crippen LogP contribution in [0.2, 0.25) is 0 Å². The van der Waals surface area contributed by atoms with Crippen molar-refractivity contribution in [3.8, 4) is 0 Å². The van der Waals surface area contributed by atoms with Crippen LogP contribution in [-0.2, 0) is 14.3 Å². The molecule has 1 fully saturated rings. The molecule has 19 heavy (non-hydrogen) atoms. The zero-order valence-corrected chi connectivity index (χ0v) is 12.2. The van der Waals surface area contributed by atoms with Gasteiger partial charge < -0.3 is 20.5 Å². The van der Waals surface area contributed by atoms with Crippen molar-refractivity contribution in [2.75, 3.05) is 33.5 Å². The lowest BCUT2D eigenvalue weighted by atomic mass is 9.78. The maximum Gasteiger partial charge on any atom is 0.223 e. The molecule has 1 aliphatic carbocycles. The molecule has 5 nitrogen and oxygen atoms in total. The predicted octanol–water partition coefficient (Wildman–Crippen LogP) is 0.919. The highest BCUT2D eigenvalue weighted by Crippen LogP contribution is 2.29. The lowest BCUT2D eigenvalue weighted by Gasteiger charge is -2.31. The van der Waals surface area contributed by atoms with E-state index in [1.54, 1.807) is 7.11 Å². The summed E-state index contributed by atoms with van der Waals surface area (Å²) in [5.74, 6) is 0.676.